The van der Waals surface area contributed by atoms with Crippen LogP contribution in [-0.2, 0) is 16.1 Å². The minimum Gasteiger partial charge on any atom is -0.489 e. The fourth-order valence-electron chi connectivity index (χ4n) is 2.93. The Hall–Kier alpha value is -4.13. The van der Waals surface area contributed by atoms with Crippen LogP contribution in [0.15, 0.2) is 72.8 Å². The molecule has 0 aliphatic rings. The van der Waals surface area contributed by atoms with Gasteiger partial charge < -0.3 is 20.1 Å². The predicted molar refractivity (Wildman–Crippen MR) is 121 cm³/mol. The van der Waals surface area contributed by atoms with E-state index in [2.05, 4.69) is 21.4 Å². The molecular formula is C25H24N2O5. The van der Waals surface area contributed by atoms with Gasteiger partial charge in [0, 0.05) is 16.8 Å². The zero-order valence-electron chi connectivity index (χ0n) is 17.9. The Bertz CT molecular complexity index is 1110. The number of hydrogen-bond acceptors (Lipinski definition) is 5. The number of ether oxygens (including phenoxy) is 2. The molecule has 2 amide bonds. The van der Waals surface area contributed by atoms with Crippen molar-refractivity contribution < 1.29 is 23.9 Å². The van der Waals surface area contributed by atoms with Crippen molar-refractivity contribution in [3.63, 3.8) is 0 Å². The second-order valence-corrected chi connectivity index (χ2v) is 7.10. The number of nitrogens with one attached hydrogen (secondary N) is 2. The van der Waals surface area contributed by atoms with Crippen molar-refractivity contribution >= 4 is 23.5 Å². The van der Waals surface area contributed by atoms with E-state index in [9.17, 15) is 14.4 Å². The zero-order chi connectivity index (χ0) is 22.9. The standard InChI is InChI=1S/C25H24N2O5/c1-17-5-3-6-18(13-17)16-32-22-8-4-7-20(14-22)25(30)27-21-11-9-19(10-12-21)24(29)26-15-23(28)31-2/h3-14H,15-16H2,1-2H3,(H,26,29)(H,27,30). The summed E-state index contributed by atoms with van der Waals surface area (Å²) in [5, 5.41) is 5.25. The summed E-state index contributed by atoms with van der Waals surface area (Å²) in [5.74, 6) is -0.648. The Balaban J connectivity index is 1.57. The molecule has 0 heterocycles. The summed E-state index contributed by atoms with van der Waals surface area (Å²) in [5.41, 5.74) is 3.55. The zero-order valence-corrected chi connectivity index (χ0v) is 17.9. The molecule has 7 heteroatoms. The van der Waals surface area contributed by atoms with Crippen molar-refractivity contribution in [2.24, 2.45) is 0 Å². The van der Waals surface area contributed by atoms with Crippen LogP contribution in [0.25, 0.3) is 0 Å². The van der Waals surface area contributed by atoms with Gasteiger partial charge in [-0.3, -0.25) is 14.4 Å². The van der Waals surface area contributed by atoms with Crippen LogP contribution in [0.4, 0.5) is 5.69 Å². The molecule has 0 unspecified atom stereocenters. The Morgan fingerprint density at radius 1 is 0.844 bits per heavy atom. The number of esters is 1. The summed E-state index contributed by atoms with van der Waals surface area (Å²) in [6, 6.07) is 21.3. The van der Waals surface area contributed by atoms with Gasteiger partial charge in [0.15, 0.2) is 0 Å². The first-order valence-corrected chi connectivity index (χ1v) is 9.99. The highest BCUT2D eigenvalue weighted by Crippen LogP contribution is 2.18. The number of carbonyl (C=O) groups excluding carboxylic acids is 3. The Morgan fingerprint density at radius 3 is 2.31 bits per heavy atom. The van der Waals surface area contributed by atoms with Crippen molar-refractivity contribution in [1.82, 2.24) is 5.32 Å². The van der Waals surface area contributed by atoms with E-state index in [4.69, 9.17) is 4.74 Å². The number of aryl methyl sites for hydroxylation is 1. The van der Waals surface area contributed by atoms with Crippen LogP contribution in [0.5, 0.6) is 5.75 Å². The smallest absolute Gasteiger partial charge is 0.325 e. The van der Waals surface area contributed by atoms with Gasteiger partial charge in [0.05, 0.1) is 7.11 Å². The fourth-order valence-corrected chi connectivity index (χ4v) is 2.93. The van der Waals surface area contributed by atoms with Crippen molar-refractivity contribution in [1.29, 1.82) is 0 Å². The second-order valence-electron chi connectivity index (χ2n) is 7.10. The highest BCUT2D eigenvalue weighted by atomic mass is 16.5. The molecule has 0 atom stereocenters. The average molecular weight is 432 g/mol. The third kappa shape index (κ3) is 6.43. The third-order valence-corrected chi connectivity index (χ3v) is 4.61. The molecule has 3 aromatic rings. The lowest BCUT2D eigenvalue weighted by atomic mass is 10.1. The highest BCUT2D eigenvalue weighted by Gasteiger charge is 2.10. The third-order valence-electron chi connectivity index (χ3n) is 4.61. The molecule has 0 bridgehead atoms. The largest absolute Gasteiger partial charge is 0.489 e. The van der Waals surface area contributed by atoms with Gasteiger partial charge in [0.2, 0.25) is 0 Å². The maximum Gasteiger partial charge on any atom is 0.325 e. The summed E-state index contributed by atoms with van der Waals surface area (Å²) in [7, 11) is 1.25. The molecule has 7 nitrogen and oxygen atoms in total. The predicted octanol–water partition coefficient (Wildman–Crippen LogP) is 3.73. The SMILES string of the molecule is COC(=O)CNC(=O)c1ccc(NC(=O)c2cccc(OCc3cccc(C)c3)c2)cc1. The lowest BCUT2D eigenvalue weighted by Gasteiger charge is -2.10. The molecular weight excluding hydrogens is 408 g/mol. The molecule has 0 aromatic heterocycles. The molecule has 0 aliphatic carbocycles. The summed E-state index contributed by atoms with van der Waals surface area (Å²) in [4.78, 5) is 35.8. The van der Waals surface area contributed by atoms with E-state index in [0.29, 0.717) is 29.2 Å². The molecule has 0 aliphatic heterocycles. The maximum absolute atomic E-state index is 12.6. The normalized spacial score (nSPS) is 10.2. The number of methoxy groups -OCH3 is 1. The first kappa shape index (κ1) is 22.6. The molecule has 0 saturated carbocycles. The van der Waals surface area contributed by atoms with Crippen LogP contribution < -0.4 is 15.4 Å². The molecule has 32 heavy (non-hydrogen) atoms. The van der Waals surface area contributed by atoms with E-state index in [-0.39, 0.29) is 12.5 Å². The van der Waals surface area contributed by atoms with E-state index >= 15 is 0 Å². The van der Waals surface area contributed by atoms with E-state index in [1.165, 1.54) is 7.11 Å². The van der Waals surface area contributed by atoms with Crippen LogP contribution in [0.1, 0.15) is 31.8 Å². The lowest BCUT2D eigenvalue weighted by Crippen LogP contribution is -2.30. The van der Waals surface area contributed by atoms with Crippen LogP contribution in [-0.4, -0.2) is 31.4 Å². The molecule has 0 saturated heterocycles. The van der Waals surface area contributed by atoms with E-state index < -0.39 is 11.9 Å². The second kappa shape index (κ2) is 10.8. The van der Waals surface area contributed by atoms with Crippen LogP contribution in [0.2, 0.25) is 0 Å². The van der Waals surface area contributed by atoms with Crippen molar-refractivity contribution in [3.8, 4) is 5.75 Å². The van der Waals surface area contributed by atoms with Gasteiger partial charge in [0.1, 0.15) is 18.9 Å². The molecule has 0 radical (unpaired) electrons. The Morgan fingerprint density at radius 2 is 1.59 bits per heavy atom. The number of hydrogen-bond donors (Lipinski definition) is 2. The molecule has 3 rings (SSSR count). The quantitative estimate of drug-likeness (QED) is 0.529. The first-order valence-electron chi connectivity index (χ1n) is 9.99. The minimum atomic E-state index is -0.535. The van der Waals surface area contributed by atoms with Crippen molar-refractivity contribution in [2.45, 2.75) is 13.5 Å². The number of rotatable bonds is 8. The van der Waals surface area contributed by atoms with Crippen molar-refractivity contribution in [2.75, 3.05) is 19.0 Å². The molecule has 3 aromatic carbocycles. The molecule has 0 spiro atoms. The van der Waals surface area contributed by atoms with E-state index in [1.807, 2.05) is 25.1 Å². The van der Waals surface area contributed by atoms with E-state index in [1.54, 1.807) is 48.5 Å². The summed E-state index contributed by atoms with van der Waals surface area (Å²) in [6.07, 6.45) is 0. The number of carbonyl (C=O) groups is 3. The van der Waals surface area contributed by atoms with Gasteiger partial charge in [-0.05, 0) is 55.0 Å². The van der Waals surface area contributed by atoms with Crippen LogP contribution in [0, 0.1) is 6.92 Å². The van der Waals surface area contributed by atoms with Gasteiger partial charge in [-0.15, -0.1) is 0 Å². The number of amides is 2. The Labute approximate surface area is 186 Å². The topological polar surface area (TPSA) is 93.7 Å². The maximum atomic E-state index is 12.6. The number of benzene rings is 3. The first-order chi connectivity index (χ1) is 15.4. The highest BCUT2D eigenvalue weighted by molar-refractivity contribution is 6.05. The summed E-state index contributed by atoms with van der Waals surface area (Å²) in [6.45, 7) is 2.22. The monoisotopic (exact) mass is 432 g/mol. The van der Waals surface area contributed by atoms with Gasteiger partial charge in [-0.2, -0.15) is 0 Å². The average Bonchev–Trinajstić information content (AvgIpc) is 2.81. The summed E-state index contributed by atoms with van der Waals surface area (Å²) < 4.78 is 10.3. The van der Waals surface area contributed by atoms with Crippen LogP contribution in [0.3, 0.4) is 0 Å². The molecule has 164 valence electrons. The van der Waals surface area contributed by atoms with Gasteiger partial charge in [-0.1, -0.05) is 35.9 Å². The Kier molecular flexibility index (Phi) is 7.59. The van der Waals surface area contributed by atoms with Crippen LogP contribution >= 0.6 is 0 Å². The minimum absolute atomic E-state index is 0.212. The van der Waals surface area contributed by atoms with Gasteiger partial charge in [0.25, 0.3) is 11.8 Å². The molecule has 2 N–H and O–H groups in total. The molecule has 0 fully saturated rings. The van der Waals surface area contributed by atoms with Crippen molar-refractivity contribution in [3.05, 3.63) is 95.1 Å². The lowest BCUT2D eigenvalue weighted by molar-refractivity contribution is -0.139. The van der Waals surface area contributed by atoms with E-state index in [0.717, 1.165) is 11.1 Å². The number of anilines is 1. The van der Waals surface area contributed by atoms with Gasteiger partial charge >= 0.3 is 5.97 Å². The summed E-state index contributed by atoms with van der Waals surface area (Å²) >= 11 is 0. The fraction of sp³-hybridized carbons (Fsp3) is 0.160. The van der Waals surface area contributed by atoms with Gasteiger partial charge in [-0.25, -0.2) is 0 Å².